The molecule has 27 heavy (non-hydrogen) atoms. The number of likely N-dealkylation sites (tertiary alicyclic amines) is 1. The highest BCUT2D eigenvalue weighted by atomic mass is 127. The Hall–Kier alpha value is -1.26. The lowest BCUT2D eigenvalue weighted by atomic mass is 9.92. The Kier molecular flexibility index (Phi) is 12.4. The van der Waals surface area contributed by atoms with E-state index in [1.165, 1.54) is 0 Å². The minimum atomic E-state index is -0.564. The van der Waals surface area contributed by atoms with E-state index in [1.54, 1.807) is 4.90 Å². The zero-order valence-electron chi connectivity index (χ0n) is 17.3. The highest BCUT2D eigenvalue weighted by Crippen LogP contribution is 2.16. The molecule has 0 bridgehead atoms. The van der Waals surface area contributed by atoms with E-state index in [4.69, 9.17) is 4.74 Å². The summed E-state index contributed by atoms with van der Waals surface area (Å²) in [5, 5.41) is 9.50. The maximum Gasteiger partial charge on any atom is 0.409 e. The molecule has 1 saturated heterocycles. The van der Waals surface area contributed by atoms with E-state index in [9.17, 15) is 9.59 Å². The fourth-order valence-corrected chi connectivity index (χ4v) is 2.68. The van der Waals surface area contributed by atoms with Crippen molar-refractivity contribution < 1.29 is 14.3 Å². The van der Waals surface area contributed by atoms with Crippen molar-refractivity contribution in [1.82, 2.24) is 20.9 Å². The molecule has 1 heterocycles. The van der Waals surface area contributed by atoms with Crippen LogP contribution >= 0.6 is 24.0 Å². The second-order valence-corrected chi connectivity index (χ2v) is 7.04. The quantitative estimate of drug-likeness (QED) is 0.284. The lowest BCUT2D eigenvalue weighted by Crippen LogP contribution is -2.50. The Morgan fingerprint density at radius 3 is 2.22 bits per heavy atom. The first-order valence-electron chi connectivity index (χ1n) is 9.58. The molecule has 0 aromatic rings. The van der Waals surface area contributed by atoms with Gasteiger partial charge in [0.1, 0.15) is 0 Å². The molecule has 0 aromatic carbocycles. The first-order valence-corrected chi connectivity index (χ1v) is 9.58. The largest absolute Gasteiger partial charge is 0.450 e. The summed E-state index contributed by atoms with van der Waals surface area (Å²) in [6, 6.07) is 0.242. The average Bonchev–Trinajstić information content (AvgIpc) is 2.61. The number of guanidine groups is 1. The van der Waals surface area contributed by atoms with Gasteiger partial charge in [-0.3, -0.25) is 9.79 Å². The van der Waals surface area contributed by atoms with Crippen LogP contribution in [0.2, 0.25) is 0 Å². The second-order valence-electron chi connectivity index (χ2n) is 7.04. The van der Waals surface area contributed by atoms with Gasteiger partial charge in [-0.25, -0.2) is 4.79 Å². The molecule has 9 heteroatoms. The van der Waals surface area contributed by atoms with Gasteiger partial charge >= 0.3 is 6.09 Å². The summed E-state index contributed by atoms with van der Waals surface area (Å²) in [6.07, 6.45) is 1.43. The summed E-state index contributed by atoms with van der Waals surface area (Å²) in [6.45, 7) is 13.0. The molecule has 1 aliphatic heterocycles. The summed E-state index contributed by atoms with van der Waals surface area (Å²) in [4.78, 5) is 30.2. The number of halogens is 1. The first-order chi connectivity index (χ1) is 12.3. The molecule has 158 valence electrons. The lowest BCUT2D eigenvalue weighted by molar-refractivity contribution is -0.128. The summed E-state index contributed by atoms with van der Waals surface area (Å²) in [5.74, 6) is 0.710. The summed E-state index contributed by atoms with van der Waals surface area (Å²) in [5.41, 5.74) is -0.564. The molecule has 2 amide bonds. The fraction of sp³-hybridized carbons (Fsp3) is 0.833. The maximum atomic E-state index is 12.1. The van der Waals surface area contributed by atoms with E-state index < -0.39 is 5.41 Å². The Balaban J connectivity index is 0.00000676. The van der Waals surface area contributed by atoms with Crippen LogP contribution in [0.3, 0.4) is 0 Å². The molecule has 0 saturated carbocycles. The topological polar surface area (TPSA) is 95.1 Å². The van der Waals surface area contributed by atoms with Crippen LogP contribution in [0.4, 0.5) is 4.79 Å². The van der Waals surface area contributed by atoms with Gasteiger partial charge in [-0.1, -0.05) is 0 Å². The molecule has 0 aromatic heterocycles. The van der Waals surface area contributed by atoms with Gasteiger partial charge in [0, 0.05) is 32.2 Å². The number of rotatable bonds is 7. The average molecular weight is 497 g/mol. The Bertz CT molecular complexity index is 491. The molecule has 0 aliphatic carbocycles. The minimum absolute atomic E-state index is 0. The van der Waals surface area contributed by atoms with Crippen molar-refractivity contribution in [2.24, 2.45) is 10.4 Å². The third-order valence-corrected chi connectivity index (χ3v) is 4.29. The van der Waals surface area contributed by atoms with E-state index in [0.717, 1.165) is 19.4 Å². The number of ether oxygens (including phenoxy) is 1. The van der Waals surface area contributed by atoms with Gasteiger partial charge < -0.3 is 25.6 Å². The highest BCUT2D eigenvalue weighted by Gasteiger charge is 2.28. The van der Waals surface area contributed by atoms with E-state index in [0.29, 0.717) is 38.7 Å². The van der Waals surface area contributed by atoms with Gasteiger partial charge in [0.2, 0.25) is 5.91 Å². The van der Waals surface area contributed by atoms with Gasteiger partial charge in [-0.05, 0) is 47.5 Å². The molecule has 8 nitrogen and oxygen atoms in total. The third-order valence-electron chi connectivity index (χ3n) is 4.29. The SMILES string of the molecule is CCNC(=O)C(C)(C)CN=C(NCC)NC1CCN(C(=O)OCC)CC1.I. The van der Waals surface area contributed by atoms with Crippen molar-refractivity contribution in [3.63, 3.8) is 0 Å². The van der Waals surface area contributed by atoms with Crippen LogP contribution in [0.25, 0.3) is 0 Å². The van der Waals surface area contributed by atoms with E-state index in [1.807, 2.05) is 34.6 Å². The van der Waals surface area contributed by atoms with E-state index >= 15 is 0 Å². The summed E-state index contributed by atoms with van der Waals surface area (Å²) < 4.78 is 5.05. The molecule has 0 atom stereocenters. The smallest absolute Gasteiger partial charge is 0.409 e. The summed E-state index contributed by atoms with van der Waals surface area (Å²) in [7, 11) is 0. The van der Waals surface area contributed by atoms with Gasteiger partial charge in [0.15, 0.2) is 5.96 Å². The van der Waals surface area contributed by atoms with E-state index in [2.05, 4.69) is 20.9 Å². The zero-order valence-corrected chi connectivity index (χ0v) is 19.6. The monoisotopic (exact) mass is 497 g/mol. The van der Waals surface area contributed by atoms with Gasteiger partial charge in [-0.2, -0.15) is 0 Å². The van der Waals surface area contributed by atoms with Crippen molar-refractivity contribution in [1.29, 1.82) is 0 Å². The number of hydrogen-bond acceptors (Lipinski definition) is 4. The molecule has 0 unspecified atom stereocenters. The molecule has 1 fully saturated rings. The number of hydrogen-bond donors (Lipinski definition) is 3. The predicted molar refractivity (Wildman–Crippen MR) is 119 cm³/mol. The molecule has 1 rings (SSSR count). The van der Waals surface area contributed by atoms with Gasteiger partial charge in [0.25, 0.3) is 0 Å². The zero-order chi connectivity index (χ0) is 19.6. The molecule has 3 N–H and O–H groups in total. The third kappa shape index (κ3) is 8.98. The normalized spacial score (nSPS) is 15.6. The Morgan fingerprint density at radius 1 is 1.11 bits per heavy atom. The number of amides is 2. The van der Waals surface area contributed by atoms with Crippen LogP contribution in [0.5, 0.6) is 0 Å². The van der Waals surface area contributed by atoms with Crippen molar-refractivity contribution in [2.75, 3.05) is 39.3 Å². The van der Waals surface area contributed by atoms with Crippen LogP contribution in [-0.4, -0.2) is 68.2 Å². The fourth-order valence-electron chi connectivity index (χ4n) is 2.68. The lowest BCUT2D eigenvalue weighted by Gasteiger charge is -2.32. The standard InChI is InChI=1S/C18H35N5O3.HI/c1-6-19-15(24)18(4,5)13-21-16(20-7-2)22-14-9-11-23(12-10-14)17(25)26-8-3;/h14H,6-13H2,1-5H3,(H,19,24)(H2,20,21,22);1H. The van der Waals surface area contributed by atoms with Gasteiger partial charge in [-0.15, -0.1) is 24.0 Å². The number of carbonyl (C=O) groups excluding carboxylic acids is 2. The molecule has 1 aliphatic rings. The van der Waals surface area contributed by atoms with E-state index in [-0.39, 0.29) is 42.0 Å². The maximum absolute atomic E-state index is 12.1. The highest BCUT2D eigenvalue weighted by molar-refractivity contribution is 14.0. The van der Waals surface area contributed by atoms with Crippen molar-refractivity contribution >= 4 is 41.9 Å². The van der Waals surface area contributed by atoms with Crippen LogP contribution in [0, 0.1) is 5.41 Å². The number of nitrogens with zero attached hydrogens (tertiary/aromatic N) is 2. The number of carbonyl (C=O) groups is 2. The molecular formula is C18H36IN5O3. The predicted octanol–water partition coefficient (Wildman–Crippen LogP) is 1.94. The molecular weight excluding hydrogens is 461 g/mol. The first kappa shape index (κ1) is 25.7. The number of piperidine rings is 1. The van der Waals surface area contributed by atoms with Crippen LogP contribution in [0.15, 0.2) is 4.99 Å². The molecule has 0 radical (unpaired) electrons. The van der Waals surface area contributed by atoms with Crippen LogP contribution in [0.1, 0.15) is 47.5 Å². The molecule has 0 spiro atoms. The van der Waals surface area contributed by atoms with Crippen molar-refractivity contribution in [3.8, 4) is 0 Å². The second kappa shape index (κ2) is 13.0. The summed E-state index contributed by atoms with van der Waals surface area (Å²) >= 11 is 0. The van der Waals surface area contributed by atoms with Crippen LogP contribution < -0.4 is 16.0 Å². The minimum Gasteiger partial charge on any atom is -0.450 e. The Morgan fingerprint density at radius 2 is 1.70 bits per heavy atom. The Labute approximate surface area is 180 Å². The number of nitrogens with one attached hydrogen (secondary N) is 3. The van der Waals surface area contributed by atoms with Gasteiger partial charge in [0.05, 0.1) is 18.6 Å². The van der Waals surface area contributed by atoms with Crippen molar-refractivity contribution in [2.45, 2.75) is 53.5 Å². The van der Waals surface area contributed by atoms with Crippen molar-refractivity contribution in [3.05, 3.63) is 0 Å². The number of aliphatic imine (C=N–C) groups is 1. The van der Waals surface area contributed by atoms with Crippen LogP contribution in [-0.2, 0) is 9.53 Å².